The van der Waals surface area contributed by atoms with E-state index in [1.54, 1.807) is 32.0 Å². The van der Waals surface area contributed by atoms with E-state index in [2.05, 4.69) is 10.3 Å². The molecule has 0 spiro atoms. The van der Waals surface area contributed by atoms with Gasteiger partial charge >= 0.3 is 6.18 Å². The Bertz CT molecular complexity index is 619. The van der Waals surface area contributed by atoms with Crippen LogP contribution in [0.2, 0.25) is 0 Å². The maximum atomic E-state index is 12.6. The van der Waals surface area contributed by atoms with E-state index in [1.165, 1.54) is 0 Å². The molecule has 1 rings (SSSR count). The molecule has 0 saturated heterocycles. The van der Waals surface area contributed by atoms with E-state index in [9.17, 15) is 18.0 Å². The van der Waals surface area contributed by atoms with Crippen LogP contribution in [0.4, 0.5) is 18.9 Å². The van der Waals surface area contributed by atoms with Gasteiger partial charge < -0.3 is 11.1 Å². The first-order valence-electron chi connectivity index (χ1n) is 7.16. The Morgan fingerprint density at radius 3 is 2.57 bits per heavy atom. The van der Waals surface area contributed by atoms with E-state index in [0.29, 0.717) is 11.8 Å². The molecule has 0 fully saturated rings. The largest absolute Gasteiger partial charge is 0.430 e. The Morgan fingerprint density at radius 2 is 2.04 bits per heavy atom. The number of amides is 1. The van der Waals surface area contributed by atoms with Crippen molar-refractivity contribution in [2.75, 3.05) is 0 Å². The first-order valence-corrected chi connectivity index (χ1v) is 7.16. The Morgan fingerprint density at radius 1 is 1.39 bits per heavy atom. The number of benzene rings is 1. The number of halogens is 3. The minimum Gasteiger partial charge on any atom is -0.395 e. The van der Waals surface area contributed by atoms with E-state index in [-0.39, 0.29) is 11.8 Å². The highest BCUT2D eigenvalue weighted by Crippen LogP contribution is 2.22. The minimum absolute atomic E-state index is 0.241. The number of nitrogens with zero attached hydrogens (tertiary/aromatic N) is 1. The summed E-state index contributed by atoms with van der Waals surface area (Å²) in [5.74, 6) is -0.714. The SMILES string of the molecule is CCc1cccc(N=C(C=C(N)C(F)(F)F)C(=O)NC(C)C)c1. The third-order valence-electron chi connectivity index (χ3n) is 2.84. The second-order valence-corrected chi connectivity index (χ2v) is 5.25. The van der Waals surface area contributed by atoms with Crippen molar-refractivity contribution in [2.45, 2.75) is 39.4 Å². The van der Waals surface area contributed by atoms with E-state index >= 15 is 0 Å². The molecule has 1 aromatic carbocycles. The number of nitrogens with one attached hydrogen (secondary N) is 1. The van der Waals surface area contributed by atoms with E-state index in [1.807, 2.05) is 13.0 Å². The van der Waals surface area contributed by atoms with Gasteiger partial charge in [-0.05, 0) is 44.0 Å². The van der Waals surface area contributed by atoms with Gasteiger partial charge in [0.05, 0.1) is 5.69 Å². The number of rotatable bonds is 5. The fourth-order valence-electron chi connectivity index (χ4n) is 1.70. The number of aliphatic imine (C=N–C) groups is 1. The van der Waals surface area contributed by atoms with E-state index in [4.69, 9.17) is 5.73 Å². The van der Waals surface area contributed by atoms with Gasteiger partial charge in [-0.2, -0.15) is 13.2 Å². The molecule has 0 heterocycles. The van der Waals surface area contributed by atoms with Crippen molar-refractivity contribution < 1.29 is 18.0 Å². The van der Waals surface area contributed by atoms with Gasteiger partial charge in [0, 0.05) is 6.04 Å². The first-order chi connectivity index (χ1) is 10.6. The number of allylic oxidation sites excluding steroid dienone is 1. The van der Waals surface area contributed by atoms with Gasteiger partial charge in [-0.15, -0.1) is 0 Å². The maximum absolute atomic E-state index is 12.6. The third kappa shape index (κ3) is 6.14. The molecule has 0 atom stereocenters. The topological polar surface area (TPSA) is 67.5 Å². The van der Waals surface area contributed by atoms with Crippen molar-refractivity contribution >= 4 is 17.3 Å². The Labute approximate surface area is 133 Å². The molecule has 0 aliphatic rings. The minimum atomic E-state index is -4.72. The molecule has 0 aliphatic carbocycles. The summed E-state index contributed by atoms with van der Waals surface area (Å²) in [6.45, 7) is 5.34. The summed E-state index contributed by atoms with van der Waals surface area (Å²) in [5, 5.41) is 2.51. The Kier molecular flexibility index (Phi) is 6.36. The summed E-state index contributed by atoms with van der Waals surface area (Å²) < 4.78 is 37.8. The van der Waals surface area contributed by atoms with Crippen LogP contribution < -0.4 is 11.1 Å². The number of carbonyl (C=O) groups is 1. The molecular formula is C16H20F3N3O. The van der Waals surface area contributed by atoms with Crippen molar-refractivity contribution in [3.05, 3.63) is 41.6 Å². The average Bonchev–Trinajstić information content (AvgIpc) is 2.45. The predicted octanol–water partition coefficient (Wildman–Crippen LogP) is 3.25. The van der Waals surface area contributed by atoms with Crippen LogP contribution in [0.15, 0.2) is 41.0 Å². The summed E-state index contributed by atoms with van der Waals surface area (Å²) in [7, 11) is 0. The molecule has 1 aromatic rings. The molecule has 0 unspecified atom stereocenters. The van der Waals surface area contributed by atoms with Gasteiger partial charge in [-0.1, -0.05) is 19.1 Å². The molecule has 0 saturated carbocycles. The van der Waals surface area contributed by atoms with Crippen LogP contribution in [0.3, 0.4) is 0 Å². The smallest absolute Gasteiger partial charge is 0.395 e. The number of alkyl halides is 3. The quantitative estimate of drug-likeness (QED) is 0.815. The molecule has 126 valence electrons. The second kappa shape index (κ2) is 7.80. The van der Waals surface area contributed by atoms with Crippen LogP contribution in [-0.4, -0.2) is 23.8 Å². The lowest BCUT2D eigenvalue weighted by Crippen LogP contribution is -2.36. The molecule has 3 N–H and O–H groups in total. The molecule has 7 heteroatoms. The second-order valence-electron chi connectivity index (χ2n) is 5.25. The fourth-order valence-corrected chi connectivity index (χ4v) is 1.70. The summed E-state index contributed by atoms with van der Waals surface area (Å²) in [6, 6.07) is 6.68. The van der Waals surface area contributed by atoms with Crippen molar-refractivity contribution in [1.82, 2.24) is 5.32 Å². The number of nitrogens with two attached hydrogens (primary N) is 1. The molecule has 0 aliphatic heterocycles. The maximum Gasteiger partial charge on any atom is 0.430 e. The van der Waals surface area contributed by atoms with Gasteiger partial charge in [-0.3, -0.25) is 4.79 Å². The Hall–Kier alpha value is -2.31. The molecule has 4 nitrogen and oxygen atoms in total. The van der Waals surface area contributed by atoms with Crippen LogP contribution in [0.1, 0.15) is 26.3 Å². The van der Waals surface area contributed by atoms with Crippen molar-refractivity contribution in [3.8, 4) is 0 Å². The highest BCUT2D eigenvalue weighted by molar-refractivity contribution is 6.44. The van der Waals surface area contributed by atoms with Crippen LogP contribution >= 0.6 is 0 Å². The zero-order chi connectivity index (χ0) is 17.6. The van der Waals surface area contributed by atoms with Gasteiger partial charge in [0.2, 0.25) is 0 Å². The highest BCUT2D eigenvalue weighted by Gasteiger charge is 2.32. The van der Waals surface area contributed by atoms with Crippen molar-refractivity contribution in [2.24, 2.45) is 10.7 Å². The fraction of sp³-hybridized carbons (Fsp3) is 0.375. The van der Waals surface area contributed by atoms with Gasteiger partial charge in [0.1, 0.15) is 11.4 Å². The average molecular weight is 327 g/mol. The van der Waals surface area contributed by atoms with Crippen LogP contribution in [0, 0.1) is 0 Å². The number of hydrogen-bond donors (Lipinski definition) is 2. The van der Waals surface area contributed by atoms with Gasteiger partial charge in [0.25, 0.3) is 5.91 Å². The van der Waals surface area contributed by atoms with Crippen molar-refractivity contribution in [3.63, 3.8) is 0 Å². The van der Waals surface area contributed by atoms with Crippen LogP contribution in [0.25, 0.3) is 0 Å². The van der Waals surface area contributed by atoms with Crippen LogP contribution in [-0.2, 0) is 11.2 Å². The lowest BCUT2D eigenvalue weighted by atomic mass is 10.1. The van der Waals surface area contributed by atoms with Gasteiger partial charge in [0.15, 0.2) is 0 Å². The molecular weight excluding hydrogens is 307 g/mol. The molecule has 23 heavy (non-hydrogen) atoms. The normalized spacial score (nSPS) is 13.3. The number of hydrogen-bond acceptors (Lipinski definition) is 3. The molecule has 0 aromatic heterocycles. The summed E-state index contributed by atoms with van der Waals surface area (Å²) in [5.41, 5.74) is 4.60. The zero-order valence-electron chi connectivity index (χ0n) is 13.2. The van der Waals surface area contributed by atoms with E-state index in [0.717, 1.165) is 12.0 Å². The molecule has 1 amide bonds. The van der Waals surface area contributed by atoms with Crippen molar-refractivity contribution in [1.29, 1.82) is 0 Å². The molecule has 0 bridgehead atoms. The summed E-state index contributed by atoms with van der Waals surface area (Å²) in [6.07, 6.45) is -3.42. The van der Waals surface area contributed by atoms with Crippen LogP contribution in [0.5, 0.6) is 0 Å². The third-order valence-corrected chi connectivity index (χ3v) is 2.84. The Balaban J connectivity index is 3.27. The zero-order valence-corrected chi connectivity index (χ0v) is 13.2. The summed E-state index contributed by atoms with van der Waals surface area (Å²) >= 11 is 0. The predicted molar refractivity (Wildman–Crippen MR) is 84.5 cm³/mol. The number of aryl methyl sites for hydroxylation is 1. The highest BCUT2D eigenvalue weighted by atomic mass is 19.4. The lowest BCUT2D eigenvalue weighted by molar-refractivity contribution is -0.115. The molecule has 0 radical (unpaired) electrons. The first kappa shape index (κ1) is 18.7. The number of carbonyl (C=O) groups excluding carboxylic acids is 1. The summed E-state index contributed by atoms with van der Waals surface area (Å²) in [4.78, 5) is 16.1. The monoisotopic (exact) mass is 327 g/mol. The van der Waals surface area contributed by atoms with E-state index < -0.39 is 17.8 Å². The van der Waals surface area contributed by atoms with Gasteiger partial charge in [-0.25, -0.2) is 4.99 Å². The lowest BCUT2D eigenvalue weighted by Gasteiger charge is -2.11. The standard InChI is InChI=1S/C16H20F3N3O/c1-4-11-6-5-7-12(8-11)22-13(15(23)21-10(2)3)9-14(20)16(17,18)19/h5-10H,4,20H2,1-3H3,(H,21,23).